The Hall–Kier alpha value is -1.54. The first kappa shape index (κ1) is 14.5. The molecule has 0 aromatic heterocycles. The molecule has 0 aliphatic carbocycles. The molecule has 0 heterocycles. The van der Waals surface area contributed by atoms with Crippen molar-refractivity contribution in [1.82, 2.24) is 5.32 Å². The Morgan fingerprint density at radius 2 is 2.00 bits per heavy atom. The van der Waals surface area contributed by atoms with Crippen molar-refractivity contribution in [1.29, 1.82) is 0 Å². The average molecular weight is 266 g/mol. The van der Waals surface area contributed by atoms with Gasteiger partial charge < -0.3 is 16.2 Å². The van der Waals surface area contributed by atoms with Crippen LogP contribution in [0.3, 0.4) is 0 Å². The Balaban J connectivity index is 2.23. The van der Waals surface area contributed by atoms with Gasteiger partial charge in [0, 0.05) is 24.9 Å². The smallest absolute Gasteiger partial charge is 0.148 e. The number of phenols is 1. The molecular formula is C13H19N2O2P. The molecule has 1 unspecified atom stereocenters. The normalized spacial score (nSPS) is 11.3. The number of phenolic OH excluding ortho intramolecular Hbond substituents is 1. The zero-order valence-corrected chi connectivity index (χ0v) is 11.4. The van der Waals surface area contributed by atoms with Gasteiger partial charge in [-0.15, -0.1) is 0 Å². The molecule has 0 bridgehead atoms. The molecule has 1 rings (SSSR count). The van der Waals surface area contributed by atoms with Crippen LogP contribution in [0.1, 0.15) is 18.4 Å². The van der Waals surface area contributed by atoms with Crippen LogP contribution in [0, 0.1) is 0 Å². The third-order valence-corrected chi connectivity index (χ3v) is 2.73. The van der Waals surface area contributed by atoms with Crippen LogP contribution < -0.4 is 11.1 Å². The zero-order chi connectivity index (χ0) is 13.4. The lowest BCUT2D eigenvalue weighted by Gasteiger charge is -2.04. The molecule has 0 spiro atoms. The molecule has 1 aromatic carbocycles. The Bertz CT molecular complexity index is 416. The van der Waals surface area contributed by atoms with Crippen molar-refractivity contribution in [3.8, 4) is 5.75 Å². The number of nitrogens with two attached hydrogens (primary N) is 1. The fourth-order valence-corrected chi connectivity index (χ4v) is 1.57. The molecule has 4 N–H and O–H groups in total. The Morgan fingerprint density at radius 1 is 1.33 bits per heavy atom. The van der Waals surface area contributed by atoms with Gasteiger partial charge in [-0.1, -0.05) is 21.4 Å². The van der Waals surface area contributed by atoms with E-state index in [1.807, 2.05) is 12.1 Å². The molecule has 0 radical (unpaired) electrons. The monoisotopic (exact) mass is 266 g/mol. The van der Waals surface area contributed by atoms with Crippen LogP contribution in [0.4, 0.5) is 0 Å². The summed E-state index contributed by atoms with van der Waals surface area (Å²) >= 11 is 0. The number of benzene rings is 1. The summed E-state index contributed by atoms with van der Waals surface area (Å²) in [6, 6.07) is 7.11. The average Bonchev–Trinajstić information content (AvgIpc) is 2.34. The molecule has 0 saturated carbocycles. The van der Waals surface area contributed by atoms with Crippen molar-refractivity contribution in [3.05, 3.63) is 41.7 Å². The lowest BCUT2D eigenvalue weighted by molar-refractivity contribution is -0.111. The lowest BCUT2D eigenvalue weighted by Crippen LogP contribution is -2.13. The first-order chi connectivity index (χ1) is 8.58. The maximum absolute atomic E-state index is 10.7. The van der Waals surface area contributed by atoms with Gasteiger partial charge >= 0.3 is 0 Å². The third kappa shape index (κ3) is 6.26. The van der Waals surface area contributed by atoms with Crippen LogP contribution in [0.25, 0.3) is 0 Å². The predicted molar refractivity (Wildman–Crippen MR) is 76.0 cm³/mol. The van der Waals surface area contributed by atoms with Gasteiger partial charge in [0.05, 0.1) is 0 Å². The summed E-state index contributed by atoms with van der Waals surface area (Å²) in [7, 11) is 2.14. The van der Waals surface area contributed by atoms with E-state index in [-0.39, 0.29) is 11.3 Å². The molecule has 0 aliphatic heterocycles. The summed E-state index contributed by atoms with van der Waals surface area (Å²) in [5.74, 6) is 0.276. The van der Waals surface area contributed by atoms with E-state index in [0.29, 0.717) is 18.5 Å². The first-order valence-electron chi connectivity index (χ1n) is 5.82. The number of nitrogens with one attached hydrogen (secondary N) is 1. The van der Waals surface area contributed by atoms with E-state index in [9.17, 15) is 4.79 Å². The molecule has 0 aliphatic rings. The van der Waals surface area contributed by atoms with Crippen LogP contribution >= 0.6 is 9.24 Å². The molecule has 98 valence electrons. The van der Waals surface area contributed by atoms with E-state index in [2.05, 4.69) is 14.6 Å². The van der Waals surface area contributed by atoms with E-state index in [4.69, 9.17) is 10.8 Å². The molecule has 1 aromatic rings. The first-order valence-corrected chi connectivity index (χ1v) is 6.40. The summed E-state index contributed by atoms with van der Waals surface area (Å²) in [5, 5.41) is 12.2. The van der Waals surface area contributed by atoms with E-state index in [1.165, 1.54) is 0 Å². The number of rotatable bonds is 7. The van der Waals surface area contributed by atoms with Gasteiger partial charge in [-0.3, -0.25) is 4.79 Å². The summed E-state index contributed by atoms with van der Waals surface area (Å²) in [5.41, 5.74) is 7.61. The Kier molecular flexibility index (Phi) is 6.23. The highest BCUT2D eigenvalue weighted by Gasteiger charge is 1.96. The van der Waals surface area contributed by atoms with Crippen molar-refractivity contribution < 1.29 is 9.90 Å². The van der Waals surface area contributed by atoms with Crippen molar-refractivity contribution in [2.45, 2.75) is 19.3 Å². The number of carbonyl (C=O) groups is 1. The minimum atomic E-state index is 0.0652. The number of aromatic hydroxyl groups is 1. The highest BCUT2D eigenvalue weighted by Crippen LogP contribution is 2.09. The van der Waals surface area contributed by atoms with Crippen LogP contribution in [0.15, 0.2) is 36.2 Å². The number of carbonyl (C=O) groups excluding carboxylic acids is 1. The predicted octanol–water partition coefficient (Wildman–Crippen LogP) is 1.51. The molecule has 0 fully saturated rings. The highest BCUT2D eigenvalue weighted by molar-refractivity contribution is 7.40. The summed E-state index contributed by atoms with van der Waals surface area (Å²) in [4.78, 5) is 10.7. The van der Waals surface area contributed by atoms with Gasteiger partial charge in [-0.25, -0.2) is 0 Å². The van der Waals surface area contributed by atoms with E-state index < -0.39 is 0 Å². The second-order valence-corrected chi connectivity index (χ2v) is 4.70. The molecule has 4 nitrogen and oxygen atoms in total. The van der Waals surface area contributed by atoms with Crippen LogP contribution in [0.5, 0.6) is 5.75 Å². The van der Waals surface area contributed by atoms with E-state index in [1.54, 1.807) is 18.3 Å². The van der Waals surface area contributed by atoms with Gasteiger partial charge in [0.2, 0.25) is 0 Å². The van der Waals surface area contributed by atoms with Gasteiger partial charge in [0.1, 0.15) is 11.3 Å². The van der Waals surface area contributed by atoms with Crippen LogP contribution in [-0.4, -0.2) is 17.2 Å². The summed E-state index contributed by atoms with van der Waals surface area (Å²) in [6.45, 7) is 0.764. The minimum absolute atomic E-state index is 0.0652. The summed E-state index contributed by atoms with van der Waals surface area (Å²) < 4.78 is 0. The fraction of sp³-hybridized carbons (Fsp3) is 0.308. The SMILES string of the molecule is N/C(=C\NCCc1ccc(O)cc1)CCC(=O)P. The quantitative estimate of drug-likeness (QED) is 0.516. The van der Waals surface area contributed by atoms with Gasteiger partial charge in [-0.2, -0.15) is 0 Å². The molecule has 1 atom stereocenters. The van der Waals surface area contributed by atoms with Crippen LogP contribution in [-0.2, 0) is 11.2 Å². The van der Waals surface area contributed by atoms with Crippen molar-refractivity contribution in [2.24, 2.45) is 5.73 Å². The van der Waals surface area contributed by atoms with Crippen molar-refractivity contribution >= 4 is 14.8 Å². The molecule has 0 amide bonds. The van der Waals surface area contributed by atoms with E-state index >= 15 is 0 Å². The third-order valence-electron chi connectivity index (χ3n) is 2.44. The van der Waals surface area contributed by atoms with E-state index in [0.717, 1.165) is 18.5 Å². The molecule has 0 saturated heterocycles. The Morgan fingerprint density at radius 3 is 2.61 bits per heavy atom. The number of hydrogen-bond acceptors (Lipinski definition) is 4. The topological polar surface area (TPSA) is 75.3 Å². The van der Waals surface area contributed by atoms with Gasteiger partial charge in [0.25, 0.3) is 0 Å². The number of allylic oxidation sites excluding steroid dienone is 1. The number of hydrogen-bond donors (Lipinski definition) is 3. The largest absolute Gasteiger partial charge is 0.508 e. The Labute approximate surface area is 109 Å². The minimum Gasteiger partial charge on any atom is -0.508 e. The highest BCUT2D eigenvalue weighted by atomic mass is 31.0. The molecule has 5 heteroatoms. The fourth-order valence-electron chi connectivity index (χ4n) is 1.42. The maximum Gasteiger partial charge on any atom is 0.148 e. The van der Waals surface area contributed by atoms with Crippen LogP contribution in [0.2, 0.25) is 0 Å². The van der Waals surface area contributed by atoms with Crippen molar-refractivity contribution in [3.63, 3.8) is 0 Å². The molecular weight excluding hydrogens is 247 g/mol. The maximum atomic E-state index is 10.7. The summed E-state index contributed by atoms with van der Waals surface area (Å²) in [6.07, 6.45) is 3.63. The molecule has 18 heavy (non-hydrogen) atoms. The second-order valence-electron chi connectivity index (χ2n) is 4.06. The lowest BCUT2D eigenvalue weighted by atomic mass is 10.1. The van der Waals surface area contributed by atoms with Gasteiger partial charge in [-0.05, 0) is 30.5 Å². The zero-order valence-electron chi connectivity index (χ0n) is 10.2. The van der Waals surface area contributed by atoms with Gasteiger partial charge in [0.15, 0.2) is 0 Å². The van der Waals surface area contributed by atoms with Crippen molar-refractivity contribution in [2.75, 3.05) is 6.54 Å². The standard InChI is InChI=1S/C13H19N2O2P/c14-11(3-6-13(17)18)9-15-8-7-10-1-4-12(16)5-2-10/h1-2,4-5,9,15-16H,3,6-8,14,18H2/b11-9-. The second kappa shape index (κ2) is 7.72.